The predicted molar refractivity (Wildman–Crippen MR) is 83.0 cm³/mol. The van der Waals surface area contributed by atoms with E-state index in [1.165, 1.54) is 48.2 Å². The van der Waals surface area contributed by atoms with Gasteiger partial charge in [0.2, 0.25) is 5.91 Å². The number of anilines is 2. The number of halogens is 1. The fourth-order valence-electron chi connectivity index (χ4n) is 1.96. The Morgan fingerprint density at radius 3 is 2.59 bits per heavy atom. The first-order chi connectivity index (χ1) is 10.4. The molecule has 114 valence electrons. The lowest BCUT2D eigenvalue weighted by Gasteiger charge is -2.17. The number of carbonyl (C=O) groups excluding carboxylic acids is 1. The second-order valence-corrected chi connectivity index (χ2v) is 7.31. The van der Waals surface area contributed by atoms with Crippen LogP contribution in [0.2, 0.25) is 0 Å². The molecule has 2 N–H and O–H groups in total. The summed E-state index contributed by atoms with van der Waals surface area (Å²) in [5.74, 6) is -0.303. The molecule has 2 aromatic carbocycles. The Morgan fingerprint density at radius 2 is 1.86 bits per heavy atom. The van der Waals surface area contributed by atoms with Crippen molar-refractivity contribution in [1.82, 2.24) is 0 Å². The lowest BCUT2D eigenvalue weighted by atomic mass is 10.3. The average Bonchev–Trinajstić information content (AvgIpc) is 2.48. The van der Waals surface area contributed by atoms with Crippen LogP contribution in [0.15, 0.2) is 52.3 Å². The Balaban J connectivity index is 1.90. The molecule has 0 radical (unpaired) electrons. The van der Waals surface area contributed by atoms with Gasteiger partial charge in [-0.05, 0) is 42.5 Å². The Labute approximate surface area is 131 Å². The molecule has 0 fully saturated rings. The number of hydrogen-bond acceptors (Lipinski definition) is 4. The highest BCUT2D eigenvalue weighted by molar-refractivity contribution is 8.00. The van der Waals surface area contributed by atoms with Crippen LogP contribution in [0.25, 0.3) is 0 Å². The van der Waals surface area contributed by atoms with Crippen molar-refractivity contribution in [3.05, 3.63) is 48.3 Å². The van der Waals surface area contributed by atoms with Gasteiger partial charge in [0.15, 0.2) is 0 Å². The van der Waals surface area contributed by atoms with E-state index in [1.54, 1.807) is 6.07 Å². The Bertz CT molecular complexity index is 836. The molecule has 5 nitrogen and oxygen atoms in total. The first-order valence-corrected chi connectivity index (χ1v) is 8.76. The third-order valence-electron chi connectivity index (χ3n) is 2.99. The molecular formula is C14H11FN2O3S2. The zero-order valence-electron chi connectivity index (χ0n) is 11.2. The molecule has 1 aliphatic rings. The number of carbonyl (C=O) groups is 1. The summed E-state index contributed by atoms with van der Waals surface area (Å²) in [6.07, 6.45) is 0. The topological polar surface area (TPSA) is 75.3 Å². The van der Waals surface area contributed by atoms with Crippen LogP contribution in [0.1, 0.15) is 0 Å². The molecule has 0 saturated heterocycles. The molecule has 1 heterocycles. The maximum atomic E-state index is 12.8. The normalized spacial score (nSPS) is 14.1. The van der Waals surface area contributed by atoms with Crippen molar-refractivity contribution in [2.75, 3.05) is 15.8 Å². The molecular weight excluding hydrogens is 327 g/mol. The maximum Gasteiger partial charge on any atom is 0.261 e. The van der Waals surface area contributed by atoms with E-state index < -0.39 is 15.8 Å². The largest absolute Gasteiger partial charge is 0.324 e. The van der Waals surface area contributed by atoms with Gasteiger partial charge < -0.3 is 5.32 Å². The zero-order chi connectivity index (χ0) is 15.7. The van der Waals surface area contributed by atoms with Gasteiger partial charge in [0.25, 0.3) is 10.0 Å². The highest BCUT2D eigenvalue weighted by Gasteiger charge is 2.20. The van der Waals surface area contributed by atoms with Crippen LogP contribution < -0.4 is 10.0 Å². The Hall–Kier alpha value is -2.06. The smallest absolute Gasteiger partial charge is 0.261 e. The molecule has 2 aromatic rings. The number of benzene rings is 2. The second-order valence-electron chi connectivity index (χ2n) is 4.61. The average molecular weight is 338 g/mol. The standard InChI is InChI=1S/C14H11FN2O3S2/c15-9-1-3-10(4-2-9)17-22(19,20)11-5-6-13-12(7-11)16-14(18)8-21-13/h1-7,17H,8H2,(H,16,18). The van der Waals surface area contributed by atoms with E-state index in [0.29, 0.717) is 11.4 Å². The van der Waals surface area contributed by atoms with Gasteiger partial charge in [-0.15, -0.1) is 11.8 Å². The molecule has 1 amide bonds. The van der Waals surface area contributed by atoms with E-state index in [1.807, 2.05) is 0 Å². The van der Waals surface area contributed by atoms with Crippen LogP contribution in [0, 0.1) is 5.82 Å². The molecule has 0 saturated carbocycles. The van der Waals surface area contributed by atoms with E-state index >= 15 is 0 Å². The summed E-state index contributed by atoms with van der Waals surface area (Å²) in [6.45, 7) is 0. The van der Waals surface area contributed by atoms with Crippen LogP contribution in [0.4, 0.5) is 15.8 Å². The van der Waals surface area contributed by atoms with Gasteiger partial charge in [0.1, 0.15) is 5.82 Å². The van der Waals surface area contributed by atoms with E-state index in [-0.39, 0.29) is 16.5 Å². The lowest BCUT2D eigenvalue weighted by Crippen LogP contribution is -2.20. The molecule has 0 bridgehead atoms. The van der Waals surface area contributed by atoms with Gasteiger partial charge in [-0.1, -0.05) is 0 Å². The lowest BCUT2D eigenvalue weighted by molar-refractivity contribution is -0.113. The van der Waals surface area contributed by atoms with Crippen molar-refractivity contribution < 1.29 is 17.6 Å². The molecule has 0 aromatic heterocycles. The van der Waals surface area contributed by atoms with Crippen LogP contribution in [0.5, 0.6) is 0 Å². The number of sulfonamides is 1. The molecule has 3 rings (SSSR count). The first-order valence-electron chi connectivity index (χ1n) is 6.29. The van der Waals surface area contributed by atoms with Crippen molar-refractivity contribution in [2.45, 2.75) is 9.79 Å². The Morgan fingerprint density at radius 1 is 1.14 bits per heavy atom. The molecule has 8 heteroatoms. The monoisotopic (exact) mass is 338 g/mol. The van der Waals surface area contributed by atoms with Crippen LogP contribution in [-0.2, 0) is 14.8 Å². The molecule has 0 atom stereocenters. The molecule has 22 heavy (non-hydrogen) atoms. The fourth-order valence-corrected chi connectivity index (χ4v) is 3.83. The molecule has 1 aliphatic heterocycles. The van der Waals surface area contributed by atoms with E-state index in [0.717, 1.165) is 4.90 Å². The predicted octanol–water partition coefficient (Wildman–Crippen LogP) is 2.67. The summed E-state index contributed by atoms with van der Waals surface area (Å²) >= 11 is 1.35. The number of nitrogens with one attached hydrogen (secondary N) is 2. The van der Waals surface area contributed by atoms with E-state index in [4.69, 9.17) is 0 Å². The quantitative estimate of drug-likeness (QED) is 0.902. The van der Waals surface area contributed by atoms with E-state index in [9.17, 15) is 17.6 Å². The summed E-state index contributed by atoms with van der Waals surface area (Å²) in [4.78, 5) is 12.2. The highest BCUT2D eigenvalue weighted by atomic mass is 32.2. The summed E-state index contributed by atoms with van der Waals surface area (Å²) in [6, 6.07) is 9.54. The van der Waals surface area contributed by atoms with Crippen molar-refractivity contribution >= 4 is 39.1 Å². The van der Waals surface area contributed by atoms with Gasteiger partial charge in [-0.3, -0.25) is 9.52 Å². The molecule has 0 aliphatic carbocycles. The number of amides is 1. The summed E-state index contributed by atoms with van der Waals surface area (Å²) < 4.78 is 39.9. The number of thioether (sulfide) groups is 1. The van der Waals surface area contributed by atoms with Crippen LogP contribution in [0.3, 0.4) is 0 Å². The van der Waals surface area contributed by atoms with Crippen LogP contribution in [-0.4, -0.2) is 20.1 Å². The zero-order valence-corrected chi connectivity index (χ0v) is 12.8. The van der Waals surface area contributed by atoms with Crippen molar-refractivity contribution in [3.63, 3.8) is 0 Å². The molecule has 0 spiro atoms. The number of rotatable bonds is 3. The van der Waals surface area contributed by atoms with Gasteiger partial charge >= 0.3 is 0 Å². The SMILES string of the molecule is O=C1CSc2ccc(S(=O)(=O)Nc3ccc(F)cc3)cc2N1. The Kier molecular flexibility index (Phi) is 3.79. The fraction of sp³-hybridized carbons (Fsp3) is 0.0714. The third kappa shape index (κ3) is 3.07. The summed E-state index contributed by atoms with van der Waals surface area (Å²) in [5.41, 5.74) is 0.737. The number of hydrogen-bond donors (Lipinski definition) is 2. The second kappa shape index (κ2) is 5.62. The van der Waals surface area contributed by atoms with Crippen molar-refractivity contribution in [1.29, 1.82) is 0 Å². The minimum absolute atomic E-state index is 0.0263. The summed E-state index contributed by atoms with van der Waals surface area (Å²) in [5, 5.41) is 2.64. The maximum absolute atomic E-state index is 12.8. The summed E-state index contributed by atoms with van der Waals surface area (Å²) in [7, 11) is -3.81. The van der Waals surface area contributed by atoms with Gasteiger partial charge in [0, 0.05) is 10.6 Å². The van der Waals surface area contributed by atoms with Crippen LogP contribution >= 0.6 is 11.8 Å². The van der Waals surface area contributed by atoms with Crippen molar-refractivity contribution in [3.8, 4) is 0 Å². The minimum Gasteiger partial charge on any atom is -0.324 e. The third-order valence-corrected chi connectivity index (χ3v) is 5.44. The van der Waals surface area contributed by atoms with E-state index in [2.05, 4.69) is 10.0 Å². The first kappa shape index (κ1) is 14.9. The minimum atomic E-state index is -3.81. The van der Waals surface area contributed by atoms with Crippen molar-refractivity contribution in [2.24, 2.45) is 0 Å². The van der Waals surface area contributed by atoms with Gasteiger partial charge in [-0.25, -0.2) is 12.8 Å². The van der Waals surface area contributed by atoms with Gasteiger partial charge in [0.05, 0.1) is 16.3 Å². The highest BCUT2D eigenvalue weighted by Crippen LogP contribution is 2.33. The molecule has 0 unspecified atom stereocenters. The van der Waals surface area contributed by atoms with Gasteiger partial charge in [-0.2, -0.15) is 0 Å². The number of fused-ring (bicyclic) bond motifs is 1.